The second kappa shape index (κ2) is 6.83. The number of amides is 1. The number of benzene rings is 2. The SMILES string of the molecule is Cc1ccc(C2(O)CCN(C(=O)c3cc(-c4ccccc4Cl)no3)C2)cc1. The Labute approximate surface area is 162 Å². The first-order valence-corrected chi connectivity index (χ1v) is 9.14. The Bertz CT molecular complexity index is 983. The van der Waals surface area contributed by atoms with Crippen LogP contribution in [0, 0.1) is 6.92 Å². The number of halogens is 1. The van der Waals surface area contributed by atoms with E-state index in [9.17, 15) is 9.90 Å². The third kappa shape index (κ3) is 3.36. The maximum atomic E-state index is 12.8. The Hall–Kier alpha value is -2.63. The van der Waals surface area contributed by atoms with Crippen molar-refractivity contribution in [2.45, 2.75) is 18.9 Å². The van der Waals surface area contributed by atoms with Crippen molar-refractivity contribution in [3.05, 3.63) is 76.5 Å². The van der Waals surface area contributed by atoms with Crippen molar-refractivity contribution in [3.63, 3.8) is 0 Å². The lowest BCUT2D eigenvalue weighted by molar-refractivity contribution is 0.0404. The average Bonchev–Trinajstić information content (AvgIpc) is 3.30. The number of likely N-dealkylation sites (tertiary alicyclic amines) is 1. The van der Waals surface area contributed by atoms with Gasteiger partial charge in [0.15, 0.2) is 0 Å². The highest BCUT2D eigenvalue weighted by atomic mass is 35.5. The van der Waals surface area contributed by atoms with E-state index in [0.717, 1.165) is 11.1 Å². The third-order valence-corrected chi connectivity index (χ3v) is 5.32. The van der Waals surface area contributed by atoms with E-state index in [1.165, 1.54) is 0 Å². The van der Waals surface area contributed by atoms with Crippen LogP contribution in [0.2, 0.25) is 5.02 Å². The van der Waals surface area contributed by atoms with E-state index < -0.39 is 5.60 Å². The summed E-state index contributed by atoms with van der Waals surface area (Å²) in [5, 5.41) is 15.5. The molecule has 1 aromatic heterocycles. The molecule has 1 N–H and O–H groups in total. The van der Waals surface area contributed by atoms with Crippen molar-refractivity contribution in [1.82, 2.24) is 10.1 Å². The van der Waals surface area contributed by atoms with Crippen LogP contribution >= 0.6 is 11.6 Å². The van der Waals surface area contributed by atoms with Crippen LogP contribution in [0.3, 0.4) is 0 Å². The van der Waals surface area contributed by atoms with E-state index in [-0.39, 0.29) is 18.2 Å². The van der Waals surface area contributed by atoms with Crippen LogP contribution in [0.5, 0.6) is 0 Å². The standard InChI is InChI=1S/C21H19ClN2O3/c1-14-6-8-15(9-7-14)21(26)10-11-24(13-21)20(25)19-12-18(23-27-19)16-4-2-3-5-17(16)22/h2-9,12,26H,10-11,13H2,1H3. The summed E-state index contributed by atoms with van der Waals surface area (Å²) in [4.78, 5) is 14.4. The van der Waals surface area contributed by atoms with E-state index in [2.05, 4.69) is 5.16 Å². The summed E-state index contributed by atoms with van der Waals surface area (Å²) in [7, 11) is 0. The van der Waals surface area contributed by atoms with Gasteiger partial charge in [0.2, 0.25) is 5.76 Å². The molecule has 1 fully saturated rings. The highest BCUT2D eigenvalue weighted by Crippen LogP contribution is 2.33. The molecule has 1 aliphatic rings. The summed E-state index contributed by atoms with van der Waals surface area (Å²) < 4.78 is 5.26. The summed E-state index contributed by atoms with van der Waals surface area (Å²) in [5.41, 5.74) is 2.12. The van der Waals surface area contributed by atoms with Crippen LogP contribution < -0.4 is 0 Å². The smallest absolute Gasteiger partial charge is 0.292 e. The maximum Gasteiger partial charge on any atom is 0.292 e. The first-order valence-electron chi connectivity index (χ1n) is 8.77. The molecule has 0 spiro atoms. The van der Waals surface area contributed by atoms with Gasteiger partial charge in [0, 0.05) is 18.2 Å². The largest absolute Gasteiger partial charge is 0.383 e. The monoisotopic (exact) mass is 382 g/mol. The van der Waals surface area contributed by atoms with Crippen molar-refractivity contribution in [3.8, 4) is 11.3 Å². The summed E-state index contributed by atoms with van der Waals surface area (Å²) in [5.74, 6) is -0.151. The summed E-state index contributed by atoms with van der Waals surface area (Å²) >= 11 is 6.18. The molecule has 27 heavy (non-hydrogen) atoms. The lowest BCUT2D eigenvalue weighted by Crippen LogP contribution is -2.34. The molecule has 2 heterocycles. The van der Waals surface area contributed by atoms with Gasteiger partial charge in [-0.3, -0.25) is 4.79 Å². The molecule has 138 valence electrons. The van der Waals surface area contributed by atoms with Crippen molar-refractivity contribution in [2.24, 2.45) is 0 Å². The van der Waals surface area contributed by atoms with E-state index in [1.807, 2.05) is 49.4 Å². The predicted molar refractivity (Wildman–Crippen MR) is 103 cm³/mol. The number of aromatic nitrogens is 1. The fourth-order valence-electron chi connectivity index (χ4n) is 3.39. The Morgan fingerprint density at radius 3 is 2.70 bits per heavy atom. The van der Waals surface area contributed by atoms with Crippen LogP contribution in [-0.4, -0.2) is 34.2 Å². The van der Waals surface area contributed by atoms with Gasteiger partial charge in [-0.1, -0.05) is 64.8 Å². The molecule has 1 saturated heterocycles. The van der Waals surface area contributed by atoms with Crippen LogP contribution in [0.1, 0.15) is 28.1 Å². The van der Waals surface area contributed by atoms with Crippen molar-refractivity contribution < 1.29 is 14.4 Å². The second-order valence-electron chi connectivity index (χ2n) is 6.93. The normalized spacial score (nSPS) is 19.4. The molecule has 5 nitrogen and oxygen atoms in total. The molecule has 1 amide bonds. The molecule has 0 aliphatic carbocycles. The average molecular weight is 383 g/mol. The number of aliphatic hydroxyl groups is 1. The Kier molecular flexibility index (Phi) is 4.50. The first kappa shape index (κ1) is 17.8. The van der Waals surface area contributed by atoms with Gasteiger partial charge in [-0.25, -0.2) is 0 Å². The summed E-state index contributed by atoms with van der Waals surface area (Å²) in [6, 6.07) is 16.6. The van der Waals surface area contributed by atoms with Crippen LogP contribution in [0.4, 0.5) is 0 Å². The number of carbonyl (C=O) groups excluding carboxylic acids is 1. The zero-order chi connectivity index (χ0) is 19.0. The zero-order valence-corrected chi connectivity index (χ0v) is 15.6. The van der Waals surface area contributed by atoms with Crippen LogP contribution in [0.25, 0.3) is 11.3 Å². The Balaban J connectivity index is 1.53. The number of β-amino-alcohol motifs (C(OH)–C–C–N with tert-alkyl or cyclic N) is 1. The minimum absolute atomic E-state index is 0.137. The molecule has 0 radical (unpaired) electrons. The molecule has 1 atom stereocenters. The quantitative estimate of drug-likeness (QED) is 0.742. The fourth-order valence-corrected chi connectivity index (χ4v) is 3.63. The second-order valence-corrected chi connectivity index (χ2v) is 7.34. The van der Waals surface area contributed by atoms with E-state index in [4.69, 9.17) is 16.1 Å². The molecule has 0 bridgehead atoms. The molecule has 6 heteroatoms. The molecule has 2 aromatic carbocycles. The Morgan fingerprint density at radius 1 is 1.22 bits per heavy atom. The molecule has 1 aliphatic heterocycles. The fraction of sp³-hybridized carbons (Fsp3) is 0.238. The van der Waals surface area contributed by atoms with E-state index >= 15 is 0 Å². The van der Waals surface area contributed by atoms with Crippen molar-refractivity contribution in [2.75, 3.05) is 13.1 Å². The van der Waals surface area contributed by atoms with Crippen LogP contribution in [-0.2, 0) is 5.60 Å². The molecular weight excluding hydrogens is 364 g/mol. The molecule has 3 aromatic rings. The van der Waals surface area contributed by atoms with Crippen LogP contribution in [0.15, 0.2) is 59.1 Å². The molecule has 0 saturated carbocycles. The van der Waals surface area contributed by atoms with E-state index in [0.29, 0.717) is 29.2 Å². The number of carbonyl (C=O) groups is 1. The van der Waals surface area contributed by atoms with Gasteiger partial charge in [-0.2, -0.15) is 0 Å². The topological polar surface area (TPSA) is 66.6 Å². The van der Waals surface area contributed by atoms with Gasteiger partial charge in [0.05, 0.1) is 11.6 Å². The molecule has 4 rings (SSSR count). The highest BCUT2D eigenvalue weighted by molar-refractivity contribution is 6.33. The summed E-state index contributed by atoms with van der Waals surface area (Å²) in [6.45, 7) is 2.67. The Morgan fingerprint density at radius 2 is 1.96 bits per heavy atom. The number of rotatable bonds is 3. The van der Waals surface area contributed by atoms with E-state index in [1.54, 1.807) is 17.0 Å². The minimum Gasteiger partial charge on any atom is -0.383 e. The number of hydrogen-bond acceptors (Lipinski definition) is 4. The minimum atomic E-state index is -1.05. The predicted octanol–water partition coefficient (Wildman–Crippen LogP) is 4.04. The lowest BCUT2D eigenvalue weighted by atomic mass is 9.92. The van der Waals surface area contributed by atoms with Gasteiger partial charge < -0.3 is 14.5 Å². The number of hydrogen-bond donors (Lipinski definition) is 1. The van der Waals surface area contributed by atoms with Crippen molar-refractivity contribution >= 4 is 17.5 Å². The number of nitrogens with zero attached hydrogens (tertiary/aromatic N) is 2. The lowest BCUT2D eigenvalue weighted by Gasteiger charge is -2.23. The molecular formula is C21H19ClN2O3. The first-order chi connectivity index (χ1) is 13.0. The van der Waals surface area contributed by atoms with Gasteiger partial charge in [0.25, 0.3) is 5.91 Å². The van der Waals surface area contributed by atoms with Gasteiger partial charge in [-0.05, 0) is 25.0 Å². The van der Waals surface area contributed by atoms with Gasteiger partial charge in [-0.15, -0.1) is 0 Å². The summed E-state index contributed by atoms with van der Waals surface area (Å²) in [6.07, 6.45) is 0.479. The van der Waals surface area contributed by atoms with Gasteiger partial charge >= 0.3 is 0 Å². The molecule has 1 unspecified atom stereocenters. The number of aryl methyl sites for hydroxylation is 1. The third-order valence-electron chi connectivity index (χ3n) is 4.99. The van der Waals surface area contributed by atoms with Crippen molar-refractivity contribution in [1.29, 1.82) is 0 Å². The highest BCUT2D eigenvalue weighted by Gasteiger charge is 2.40. The zero-order valence-electron chi connectivity index (χ0n) is 14.9. The van der Waals surface area contributed by atoms with Gasteiger partial charge in [0.1, 0.15) is 11.3 Å². The maximum absolute atomic E-state index is 12.8.